The van der Waals surface area contributed by atoms with Crippen molar-refractivity contribution in [3.63, 3.8) is 0 Å². The highest BCUT2D eigenvalue weighted by Crippen LogP contribution is 2.20. The average Bonchev–Trinajstić information content (AvgIpc) is 2.22. The van der Waals surface area contributed by atoms with Gasteiger partial charge in [-0.3, -0.25) is 0 Å². The van der Waals surface area contributed by atoms with Crippen LogP contribution in [0.3, 0.4) is 0 Å². The van der Waals surface area contributed by atoms with Gasteiger partial charge in [0, 0.05) is 12.2 Å². The molecule has 0 amide bonds. The molecule has 0 unspecified atom stereocenters. The summed E-state index contributed by atoms with van der Waals surface area (Å²) in [7, 11) is -3.44. The molecule has 0 bridgehead atoms. The zero-order valence-electron chi connectivity index (χ0n) is 10.9. The van der Waals surface area contributed by atoms with Gasteiger partial charge >= 0.3 is 0 Å². The van der Waals surface area contributed by atoms with Crippen molar-refractivity contribution in [3.05, 3.63) is 24.4 Å². The molecule has 0 aromatic heterocycles. The van der Waals surface area contributed by atoms with Gasteiger partial charge < -0.3 is 5.32 Å². The largest absolute Gasteiger partial charge is 0.389 e. The van der Waals surface area contributed by atoms with Crippen molar-refractivity contribution in [3.8, 4) is 0 Å². The molecule has 0 aliphatic carbocycles. The third-order valence-corrected chi connectivity index (χ3v) is 3.55. The molecule has 17 heavy (non-hydrogen) atoms. The van der Waals surface area contributed by atoms with Crippen molar-refractivity contribution in [2.24, 2.45) is 17.0 Å². The van der Waals surface area contributed by atoms with Crippen molar-refractivity contribution in [2.45, 2.75) is 27.2 Å². The SMILES string of the molecule is C=C[C@H](C[C@H](C)/C(=C\C)NCC)CS(N)(=O)=O. The van der Waals surface area contributed by atoms with Crippen molar-refractivity contribution in [1.29, 1.82) is 0 Å². The van der Waals surface area contributed by atoms with E-state index >= 15 is 0 Å². The Morgan fingerprint density at radius 2 is 2.12 bits per heavy atom. The first-order valence-electron chi connectivity index (χ1n) is 5.87. The molecule has 2 atom stereocenters. The van der Waals surface area contributed by atoms with Gasteiger partial charge in [0.1, 0.15) is 0 Å². The summed E-state index contributed by atoms with van der Waals surface area (Å²) in [5.41, 5.74) is 1.13. The lowest BCUT2D eigenvalue weighted by molar-refractivity contribution is 0.491. The number of hydrogen-bond acceptors (Lipinski definition) is 3. The number of primary sulfonamides is 1. The normalized spacial score (nSPS) is 16.4. The first-order valence-corrected chi connectivity index (χ1v) is 7.58. The van der Waals surface area contributed by atoms with E-state index in [2.05, 4.69) is 18.8 Å². The topological polar surface area (TPSA) is 72.2 Å². The highest BCUT2D eigenvalue weighted by atomic mass is 32.2. The van der Waals surface area contributed by atoms with Gasteiger partial charge in [0.15, 0.2) is 0 Å². The molecule has 0 fully saturated rings. The minimum atomic E-state index is -3.44. The number of nitrogens with one attached hydrogen (secondary N) is 1. The highest BCUT2D eigenvalue weighted by Gasteiger charge is 2.17. The Hall–Kier alpha value is -0.810. The third-order valence-electron chi connectivity index (χ3n) is 2.66. The average molecular weight is 260 g/mol. The van der Waals surface area contributed by atoms with E-state index in [1.54, 1.807) is 6.08 Å². The molecule has 3 N–H and O–H groups in total. The lowest BCUT2D eigenvalue weighted by Gasteiger charge is -2.20. The summed E-state index contributed by atoms with van der Waals surface area (Å²) in [5, 5.41) is 8.32. The van der Waals surface area contributed by atoms with E-state index in [0.29, 0.717) is 0 Å². The van der Waals surface area contributed by atoms with Crippen LogP contribution in [-0.4, -0.2) is 20.7 Å². The van der Waals surface area contributed by atoms with Crippen molar-refractivity contribution < 1.29 is 8.42 Å². The minimum absolute atomic E-state index is 0.0377. The van der Waals surface area contributed by atoms with Crippen LogP contribution < -0.4 is 10.5 Å². The number of allylic oxidation sites excluding steroid dienone is 3. The van der Waals surface area contributed by atoms with E-state index in [0.717, 1.165) is 18.7 Å². The molecule has 4 nitrogen and oxygen atoms in total. The molecule has 0 aliphatic rings. The van der Waals surface area contributed by atoms with Gasteiger partial charge in [0.2, 0.25) is 10.0 Å². The summed E-state index contributed by atoms with van der Waals surface area (Å²) in [6, 6.07) is 0. The molecule has 0 saturated heterocycles. The molecule has 5 heteroatoms. The molecular weight excluding hydrogens is 236 g/mol. The summed E-state index contributed by atoms with van der Waals surface area (Å²) < 4.78 is 22.1. The van der Waals surface area contributed by atoms with E-state index in [9.17, 15) is 8.42 Å². The second-order valence-electron chi connectivity index (χ2n) is 4.24. The Labute approximate surface area is 105 Å². The molecule has 0 saturated carbocycles. The van der Waals surface area contributed by atoms with Crippen LogP contribution >= 0.6 is 0 Å². The van der Waals surface area contributed by atoms with Crippen LogP contribution in [0.5, 0.6) is 0 Å². The van der Waals surface area contributed by atoms with Crippen LogP contribution in [0.15, 0.2) is 24.4 Å². The lowest BCUT2D eigenvalue weighted by atomic mass is 9.94. The maximum Gasteiger partial charge on any atom is 0.209 e. The van der Waals surface area contributed by atoms with E-state index < -0.39 is 10.0 Å². The molecule has 0 rings (SSSR count). The van der Waals surface area contributed by atoms with Gasteiger partial charge in [-0.25, -0.2) is 13.6 Å². The Morgan fingerprint density at radius 1 is 1.53 bits per heavy atom. The number of sulfonamides is 1. The van der Waals surface area contributed by atoms with Crippen LogP contribution in [-0.2, 0) is 10.0 Å². The van der Waals surface area contributed by atoms with Gasteiger partial charge in [-0.15, -0.1) is 6.58 Å². The first kappa shape index (κ1) is 16.2. The van der Waals surface area contributed by atoms with Gasteiger partial charge in [-0.1, -0.05) is 19.1 Å². The second-order valence-corrected chi connectivity index (χ2v) is 5.90. The highest BCUT2D eigenvalue weighted by molar-refractivity contribution is 7.89. The summed E-state index contributed by atoms with van der Waals surface area (Å²) in [6.45, 7) is 10.6. The van der Waals surface area contributed by atoms with Crippen molar-refractivity contribution >= 4 is 10.0 Å². The molecule has 0 heterocycles. The summed E-state index contributed by atoms with van der Waals surface area (Å²) in [6.07, 6.45) is 4.41. The quantitative estimate of drug-likeness (QED) is 0.651. The van der Waals surface area contributed by atoms with Crippen molar-refractivity contribution in [2.75, 3.05) is 12.3 Å². The zero-order chi connectivity index (χ0) is 13.5. The van der Waals surface area contributed by atoms with Crippen LogP contribution in [0.25, 0.3) is 0 Å². The minimum Gasteiger partial charge on any atom is -0.389 e. The second kappa shape index (κ2) is 7.50. The fraction of sp³-hybridized carbons (Fsp3) is 0.667. The van der Waals surface area contributed by atoms with E-state index in [-0.39, 0.29) is 17.6 Å². The van der Waals surface area contributed by atoms with Crippen LogP contribution in [0.2, 0.25) is 0 Å². The summed E-state index contributed by atoms with van der Waals surface area (Å²) in [5.74, 6) is 0.127. The number of hydrogen-bond donors (Lipinski definition) is 2. The van der Waals surface area contributed by atoms with Crippen molar-refractivity contribution in [1.82, 2.24) is 5.32 Å². The fourth-order valence-corrected chi connectivity index (χ4v) is 2.75. The monoisotopic (exact) mass is 260 g/mol. The Kier molecular flexibility index (Phi) is 7.15. The molecule has 0 radical (unpaired) electrons. The standard InChI is InChI=1S/C12H24N2O2S/c1-5-11(9-17(13,15)16)8-10(4)12(6-2)14-7-3/h5-6,10-11,14H,1,7-9H2,2-4H3,(H2,13,15,16)/b12-6+/t10-,11+/m0/s1. The molecule has 100 valence electrons. The van der Waals surface area contributed by atoms with Gasteiger partial charge in [-0.2, -0.15) is 0 Å². The van der Waals surface area contributed by atoms with Crippen LogP contribution in [0.1, 0.15) is 27.2 Å². The summed E-state index contributed by atoms with van der Waals surface area (Å²) in [4.78, 5) is 0. The Morgan fingerprint density at radius 3 is 2.47 bits per heavy atom. The van der Waals surface area contributed by atoms with E-state index in [1.165, 1.54) is 0 Å². The van der Waals surface area contributed by atoms with Gasteiger partial charge in [0.25, 0.3) is 0 Å². The van der Waals surface area contributed by atoms with Crippen LogP contribution in [0.4, 0.5) is 0 Å². The van der Waals surface area contributed by atoms with Gasteiger partial charge in [0.05, 0.1) is 5.75 Å². The van der Waals surface area contributed by atoms with E-state index in [1.807, 2.05) is 19.9 Å². The zero-order valence-corrected chi connectivity index (χ0v) is 11.8. The lowest BCUT2D eigenvalue weighted by Crippen LogP contribution is -2.25. The molecule has 0 aliphatic heterocycles. The predicted octanol–water partition coefficient (Wildman–Crippen LogP) is 1.62. The molecule has 0 aromatic rings. The van der Waals surface area contributed by atoms with Crippen LogP contribution in [0, 0.1) is 11.8 Å². The fourth-order valence-electron chi connectivity index (χ4n) is 1.88. The maximum atomic E-state index is 11.0. The van der Waals surface area contributed by atoms with Gasteiger partial charge in [-0.05, 0) is 32.1 Å². The molecule has 0 spiro atoms. The summed E-state index contributed by atoms with van der Waals surface area (Å²) >= 11 is 0. The Balaban J connectivity index is 4.52. The van der Waals surface area contributed by atoms with E-state index in [4.69, 9.17) is 5.14 Å². The third kappa shape index (κ3) is 7.18. The number of nitrogens with two attached hydrogens (primary N) is 1. The molecular formula is C12H24N2O2S. The predicted molar refractivity (Wildman–Crippen MR) is 72.9 cm³/mol. The maximum absolute atomic E-state index is 11.0. The molecule has 0 aromatic carbocycles. The Bertz CT molecular complexity index is 361. The smallest absolute Gasteiger partial charge is 0.209 e. The number of rotatable bonds is 8. The first-order chi connectivity index (χ1) is 7.84.